The molecule has 1 aliphatic heterocycles. The fraction of sp³-hybridized carbons (Fsp3) is 0.150. The van der Waals surface area contributed by atoms with Gasteiger partial charge < -0.3 is 24.5 Å². The maximum Gasteiger partial charge on any atom is 0.573 e. The van der Waals surface area contributed by atoms with Gasteiger partial charge in [-0.25, -0.2) is 0 Å². The molecule has 0 spiro atoms. The molecule has 0 radical (unpaired) electrons. The molecule has 2 N–H and O–H groups in total. The molecule has 1 aliphatic rings. The molecule has 0 saturated carbocycles. The normalized spacial score (nSPS) is 16.2. The molecule has 9 heteroatoms. The van der Waals surface area contributed by atoms with Crippen molar-refractivity contribution in [1.82, 2.24) is 0 Å². The van der Waals surface area contributed by atoms with Crippen LogP contribution in [-0.4, -0.2) is 19.3 Å². The van der Waals surface area contributed by atoms with E-state index in [-0.39, 0.29) is 5.75 Å². The van der Waals surface area contributed by atoms with Crippen LogP contribution in [0.25, 0.3) is 0 Å². The highest BCUT2D eigenvalue weighted by Crippen LogP contribution is 2.38. The van der Waals surface area contributed by atoms with Gasteiger partial charge in [-0.3, -0.25) is 0 Å². The summed E-state index contributed by atoms with van der Waals surface area (Å²) in [6, 6.07) is 14.4. The number of fused-ring (bicyclic) bond motifs is 1. The van der Waals surface area contributed by atoms with E-state index in [1.54, 1.807) is 30.2 Å². The van der Waals surface area contributed by atoms with Gasteiger partial charge in [-0.1, -0.05) is 0 Å². The Morgan fingerprint density at radius 2 is 1.66 bits per heavy atom. The largest absolute Gasteiger partial charge is 0.573 e. The van der Waals surface area contributed by atoms with Crippen molar-refractivity contribution in [3.8, 4) is 11.5 Å². The number of hydrogen-bond acceptors (Lipinski definition) is 6. The smallest absolute Gasteiger partial charge is 0.497 e. The summed E-state index contributed by atoms with van der Waals surface area (Å²) < 4.78 is 51.8. The summed E-state index contributed by atoms with van der Waals surface area (Å²) in [7, 11) is 1.57. The molecule has 0 aliphatic carbocycles. The summed E-state index contributed by atoms with van der Waals surface area (Å²) in [5.74, 6) is 1.14. The van der Waals surface area contributed by atoms with E-state index in [2.05, 4.69) is 9.73 Å². The number of furan rings is 1. The second kappa shape index (κ2) is 7.17. The van der Waals surface area contributed by atoms with Crippen molar-refractivity contribution in [2.24, 2.45) is 10.7 Å². The number of nitrogens with two attached hydrogens (primary N) is 1. The predicted octanol–water partition coefficient (Wildman–Crippen LogP) is 4.74. The molecule has 29 heavy (non-hydrogen) atoms. The standard InChI is InChI=1S/C20H16F3N3O3/c1-27-14-8-4-13(5-9-14)26-17(24)16-10-11-28-19(16)25-18(26)12-2-6-15(7-3-12)29-20(21,22)23/h2-11,17H,24H2,1H3. The molecular weight excluding hydrogens is 387 g/mol. The van der Waals surface area contributed by atoms with Crippen LogP contribution in [-0.2, 0) is 0 Å². The first-order chi connectivity index (χ1) is 13.9. The molecule has 3 aromatic rings. The lowest BCUT2D eigenvalue weighted by molar-refractivity contribution is -0.274. The minimum absolute atomic E-state index is 0.323. The molecule has 0 saturated heterocycles. The summed E-state index contributed by atoms with van der Waals surface area (Å²) in [6.07, 6.45) is -3.87. The van der Waals surface area contributed by atoms with E-state index in [9.17, 15) is 13.2 Å². The van der Waals surface area contributed by atoms with Gasteiger partial charge >= 0.3 is 6.36 Å². The van der Waals surface area contributed by atoms with Gasteiger partial charge in [0, 0.05) is 11.3 Å². The van der Waals surface area contributed by atoms with E-state index in [4.69, 9.17) is 14.9 Å². The average molecular weight is 403 g/mol. The van der Waals surface area contributed by atoms with E-state index in [1.807, 2.05) is 12.1 Å². The van der Waals surface area contributed by atoms with Crippen LogP contribution in [0.1, 0.15) is 17.3 Å². The number of methoxy groups -OCH3 is 1. The van der Waals surface area contributed by atoms with Crippen LogP contribution in [0.3, 0.4) is 0 Å². The molecule has 0 amide bonds. The average Bonchev–Trinajstić information content (AvgIpc) is 3.17. The molecule has 1 aromatic heterocycles. The molecule has 4 rings (SSSR count). The zero-order valence-electron chi connectivity index (χ0n) is 15.2. The van der Waals surface area contributed by atoms with Gasteiger partial charge in [0.1, 0.15) is 23.5 Å². The van der Waals surface area contributed by atoms with Crippen LogP contribution in [0.4, 0.5) is 24.7 Å². The van der Waals surface area contributed by atoms with Crippen molar-refractivity contribution < 1.29 is 27.1 Å². The van der Waals surface area contributed by atoms with Crippen molar-refractivity contribution in [2.45, 2.75) is 12.5 Å². The van der Waals surface area contributed by atoms with Gasteiger partial charge in [-0.15, -0.1) is 13.2 Å². The minimum atomic E-state index is -4.76. The third kappa shape index (κ3) is 3.77. The number of ether oxygens (including phenoxy) is 2. The molecule has 2 aromatic carbocycles. The Kier molecular flexibility index (Phi) is 4.67. The van der Waals surface area contributed by atoms with Crippen molar-refractivity contribution in [3.05, 3.63) is 72.0 Å². The van der Waals surface area contributed by atoms with Gasteiger partial charge in [-0.2, -0.15) is 4.99 Å². The summed E-state index contributed by atoms with van der Waals surface area (Å²) >= 11 is 0. The number of nitrogens with zero attached hydrogens (tertiary/aromatic N) is 2. The van der Waals surface area contributed by atoms with Crippen molar-refractivity contribution in [3.63, 3.8) is 0 Å². The van der Waals surface area contributed by atoms with Crippen molar-refractivity contribution in [2.75, 3.05) is 12.0 Å². The molecule has 6 nitrogen and oxygen atoms in total. The summed E-state index contributed by atoms with van der Waals surface area (Å²) in [5.41, 5.74) is 8.44. The maximum absolute atomic E-state index is 12.4. The van der Waals surface area contributed by atoms with Gasteiger partial charge in [0.15, 0.2) is 0 Å². The van der Waals surface area contributed by atoms with Crippen LogP contribution in [0, 0.1) is 0 Å². The summed E-state index contributed by atoms with van der Waals surface area (Å²) in [5, 5.41) is 0. The van der Waals surface area contributed by atoms with E-state index >= 15 is 0 Å². The second-order valence-electron chi connectivity index (χ2n) is 6.20. The topological polar surface area (TPSA) is 73.2 Å². The van der Waals surface area contributed by atoms with Crippen LogP contribution < -0.4 is 20.1 Å². The van der Waals surface area contributed by atoms with Crippen LogP contribution in [0.2, 0.25) is 0 Å². The number of halogens is 3. The highest BCUT2D eigenvalue weighted by Gasteiger charge is 2.33. The van der Waals surface area contributed by atoms with Gasteiger partial charge in [0.05, 0.1) is 18.9 Å². The highest BCUT2D eigenvalue weighted by molar-refractivity contribution is 6.12. The first-order valence-corrected chi connectivity index (χ1v) is 8.57. The van der Waals surface area contributed by atoms with Crippen molar-refractivity contribution in [1.29, 1.82) is 0 Å². The van der Waals surface area contributed by atoms with E-state index < -0.39 is 12.5 Å². The Balaban J connectivity index is 1.75. The fourth-order valence-corrected chi connectivity index (χ4v) is 3.08. The number of benzene rings is 2. The minimum Gasteiger partial charge on any atom is -0.497 e. The first-order valence-electron chi connectivity index (χ1n) is 8.57. The van der Waals surface area contributed by atoms with Crippen molar-refractivity contribution >= 4 is 17.4 Å². The fourth-order valence-electron chi connectivity index (χ4n) is 3.08. The Morgan fingerprint density at radius 3 is 2.28 bits per heavy atom. The Labute approximate surface area is 164 Å². The molecule has 150 valence electrons. The number of alkyl halides is 3. The molecule has 2 heterocycles. The molecule has 0 bridgehead atoms. The van der Waals surface area contributed by atoms with Crippen LogP contribution in [0.15, 0.2) is 70.3 Å². The highest BCUT2D eigenvalue weighted by atomic mass is 19.4. The van der Waals surface area contributed by atoms with E-state index in [1.165, 1.54) is 30.5 Å². The number of aliphatic imine (C=N–C) groups is 1. The third-order valence-electron chi connectivity index (χ3n) is 4.40. The number of hydrogen-bond donors (Lipinski definition) is 1. The Morgan fingerprint density at radius 1 is 1.00 bits per heavy atom. The van der Waals surface area contributed by atoms with Gasteiger partial charge in [0.25, 0.3) is 0 Å². The van der Waals surface area contributed by atoms with E-state index in [0.717, 1.165) is 5.69 Å². The van der Waals surface area contributed by atoms with Gasteiger partial charge in [-0.05, 0) is 54.6 Å². The second-order valence-corrected chi connectivity index (χ2v) is 6.20. The SMILES string of the molecule is COc1ccc(N2C(c3ccc(OC(F)(F)F)cc3)=Nc3occc3C2N)cc1. The predicted molar refractivity (Wildman–Crippen MR) is 100 cm³/mol. The quantitative estimate of drug-likeness (QED) is 0.681. The zero-order valence-corrected chi connectivity index (χ0v) is 15.2. The molecule has 0 fully saturated rings. The lowest BCUT2D eigenvalue weighted by Gasteiger charge is -2.34. The number of anilines is 1. The monoisotopic (exact) mass is 403 g/mol. The Hall–Kier alpha value is -3.46. The van der Waals surface area contributed by atoms with E-state index in [0.29, 0.717) is 28.6 Å². The number of amidine groups is 1. The third-order valence-corrected chi connectivity index (χ3v) is 4.40. The van der Waals surface area contributed by atoms with Gasteiger partial charge in [0.2, 0.25) is 5.88 Å². The summed E-state index contributed by atoms with van der Waals surface area (Å²) in [4.78, 5) is 6.31. The maximum atomic E-state index is 12.4. The van der Waals surface area contributed by atoms with Crippen LogP contribution >= 0.6 is 0 Å². The number of rotatable bonds is 4. The summed E-state index contributed by atoms with van der Waals surface area (Å²) in [6.45, 7) is 0. The Bertz CT molecular complexity index is 1030. The molecule has 1 unspecified atom stereocenters. The lowest BCUT2D eigenvalue weighted by atomic mass is 10.1. The lowest BCUT2D eigenvalue weighted by Crippen LogP contribution is -2.41. The van der Waals surface area contributed by atoms with Crippen LogP contribution in [0.5, 0.6) is 11.5 Å². The molecule has 1 atom stereocenters. The molecular formula is C20H16F3N3O3. The first kappa shape index (κ1) is 18.9. The zero-order chi connectivity index (χ0) is 20.6.